The van der Waals surface area contributed by atoms with E-state index in [2.05, 4.69) is 10.3 Å². The second-order valence-corrected chi connectivity index (χ2v) is 10.1. The van der Waals surface area contributed by atoms with Crippen molar-refractivity contribution in [3.05, 3.63) is 100.0 Å². The van der Waals surface area contributed by atoms with Crippen LogP contribution in [0.5, 0.6) is 0 Å². The minimum Gasteiger partial charge on any atom is -0.744 e. The van der Waals surface area contributed by atoms with Crippen LogP contribution in [0.2, 0.25) is 5.15 Å². The minimum atomic E-state index is -4.66. The number of aromatic nitrogens is 2. The summed E-state index contributed by atoms with van der Waals surface area (Å²) in [6.07, 6.45) is 2.14. The minimum absolute atomic E-state index is 0.191. The molecule has 0 saturated heterocycles. The van der Waals surface area contributed by atoms with E-state index in [9.17, 15) is 13.0 Å². The maximum atomic E-state index is 12.1. The highest BCUT2D eigenvalue weighted by molar-refractivity contribution is 7.85. The summed E-state index contributed by atoms with van der Waals surface area (Å²) in [5, 5.41) is 3.73. The van der Waals surface area contributed by atoms with E-state index in [1.807, 2.05) is 55.5 Å². The maximum Gasteiger partial charge on any atom is 0.303 e. The van der Waals surface area contributed by atoms with Gasteiger partial charge in [0.25, 0.3) is 0 Å². The smallest absolute Gasteiger partial charge is 0.303 e. The van der Waals surface area contributed by atoms with Gasteiger partial charge in [0.05, 0.1) is 4.90 Å². The van der Waals surface area contributed by atoms with Crippen LogP contribution in [0.3, 0.4) is 0 Å². The average Bonchev–Trinajstić information content (AvgIpc) is 2.77. The molecule has 0 saturated carbocycles. The predicted octanol–water partition coefficient (Wildman–Crippen LogP) is 4.57. The number of hydrogen-bond donors (Lipinski definition) is 2. The fraction of sp³-hybridized carbons (Fsp3) is 0.154. The van der Waals surface area contributed by atoms with Gasteiger partial charge in [0, 0.05) is 18.7 Å². The van der Waals surface area contributed by atoms with E-state index in [-0.39, 0.29) is 4.90 Å². The molecule has 2 aromatic heterocycles. The van der Waals surface area contributed by atoms with Crippen LogP contribution >= 0.6 is 11.6 Å². The zero-order valence-corrected chi connectivity index (χ0v) is 21.1. The van der Waals surface area contributed by atoms with Crippen molar-refractivity contribution in [3.8, 4) is 11.1 Å². The molecule has 4 rings (SSSR count). The van der Waals surface area contributed by atoms with Gasteiger partial charge in [0.2, 0.25) is 0 Å². The second-order valence-electron chi connectivity index (χ2n) is 8.44. The van der Waals surface area contributed by atoms with Crippen molar-refractivity contribution in [1.29, 1.82) is 0 Å². The fourth-order valence-electron chi connectivity index (χ4n) is 4.42. The lowest BCUT2D eigenvalue weighted by Crippen LogP contribution is -2.50. The average molecular weight is 509 g/mol. The Hall–Kier alpha value is -3.46. The molecule has 7 nitrogen and oxygen atoms in total. The standard InChI is InChI=1S/C26H25ClN4O3S/c1-16-11-17(2)26(35(32,33)34)18(3)25(16)20-13-22(12-19-9-10-23(27)29-15-19)31(28)24(14-20)30-21-7-5-4-6-8-21/h4-11,13-15H,12,28H2,1-3H3,(H,32,33,34). The lowest BCUT2D eigenvalue weighted by molar-refractivity contribution is -0.631. The van der Waals surface area contributed by atoms with Crippen molar-refractivity contribution in [3.63, 3.8) is 0 Å². The molecule has 0 radical (unpaired) electrons. The number of nitrogens with two attached hydrogens (primary N) is 1. The molecular weight excluding hydrogens is 484 g/mol. The Labute approximate surface area is 210 Å². The van der Waals surface area contributed by atoms with Crippen molar-refractivity contribution in [2.24, 2.45) is 0 Å². The first kappa shape index (κ1) is 24.7. The van der Waals surface area contributed by atoms with Crippen LogP contribution in [0, 0.1) is 20.8 Å². The summed E-state index contributed by atoms with van der Waals surface area (Å²) in [7, 11) is -4.66. The van der Waals surface area contributed by atoms with Crippen LogP contribution in [-0.2, 0) is 16.5 Å². The van der Waals surface area contributed by atoms with Gasteiger partial charge in [-0.1, -0.05) is 41.9 Å². The van der Waals surface area contributed by atoms with Crippen molar-refractivity contribution >= 4 is 33.2 Å². The number of nitrogen functional groups attached to an aromatic ring is 1. The van der Waals surface area contributed by atoms with Crippen LogP contribution in [0.1, 0.15) is 27.9 Å². The molecule has 9 heteroatoms. The van der Waals surface area contributed by atoms with Gasteiger partial charge in [-0.05, 0) is 78.4 Å². The highest BCUT2D eigenvalue weighted by Crippen LogP contribution is 2.35. The molecule has 0 unspecified atom stereocenters. The van der Waals surface area contributed by atoms with Gasteiger partial charge in [-0.25, -0.2) is 18.7 Å². The second kappa shape index (κ2) is 9.65. The number of anilines is 2. The van der Waals surface area contributed by atoms with E-state index >= 15 is 0 Å². The van der Waals surface area contributed by atoms with Crippen LogP contribution < -0.4 is 15.8 Å². The van der Waals surface area contributed by atoms with Crippen molar-refractivity contribution in [2.75, 3.05) is 11.2 Å². The molecule has 0 aliphatic carbocycles. The first-order valence-corrected chi connectivity index (χ1v) is 12.7. The van der Waals surface area contributed by atoms with Crippen LogP contribution in [-0.4, -0.2) is 18.0 Å². The van der Waals surface area contributed by atoms with Crippen molar-refractivity contribution < 1.29 is 17.6 Å². The summed E-state index contributed by atoms with van der Waals surface area (Å²) >= 11 is 5.94. The fourth-order valence-corrected chi connectivity index (χ4v) is 5.47. The van der Waals surface area contributed by atoms with Gasteiger partial charge in [-0.2, -0.15) is 0 Å². The van der Waals surface area contributed by atoms with Gasteiger partial charge in [-0.15, -0.1) is 4.68 Å². The summed E-state index contributed by atoms with van der Waals surface area (Å²) in [4.78, 5) is 3.96. The molecule has 0 atom stereocenters. The summed E-state index contributed by atoms with van der Waals surface area (Å²) in [6, 6.07) is 18.6. The summed E-state index contributed by atoms with van der Waals surface area (Å²) in [6.45, 7) is 5.19. The summed E-state index contributed by atoms with van der Waals surface area (Å²) < 4.78 is 37.7. The number of nitrogens with zero attached hydrogens (tertiary/aromatic N) is 2. The van der Waals surface area contributed by atoms with Gasteiger partial charge >= 0.3 is 5.82 Å². The quantitative estimate of drug-likeness (QED) is 0.171. The van der Waals surface area contributed by atoms with E-state index in [4.69, 9.17) is 17.4 Å². The van der Waals surface area contributed by atoms with E-state index in [0.29, 0.717) is 34.1 Å². The molecule has 0 amide bonds. The Morgan fingerprint density at radius 2 is 1.74 bits per heavy atom. The third kappa shape index (κ3) is 5.30. The molecule has 35 heavy (non-hydrogen) atoms. The topological polar surface area (TPSA) is 112 Å². The zero-order chi connectivity index (χ0) is 25.3. The molecule has 2 aromatic carbocycles. The number of nitrogens with one attached hydrogen (secondary N) is 1. The van der Waals surface area contributed by atoms with Gasteiger partial charge < -0.3 is 4.55 Å². The third-order valence-electron chi connectivity index (χ3n) is 5.84. The van der Waals surface area contributed by atoms with Crippen molar-refractivity contribution in [2.45, 2.75) is 32.1 Å². The van der Waals surface area contributed by atoms with Gasteiger partial charge in [0.15, 0.2) is 0 Å². The molecule has 0 bridgehead atoms. The molecule has 0 fully saturated rings. The molecule has 4 aromatic rings. The van der Waals surface area contributed by atoms with E-state index < -0.39 is 10.1 Å². The number of benzene rings is 2. The Kier molecular flexibility index (Phi) is 6.80. The SMILES string of the molecule is Cc1cc(C)c(S(=O)(=O)[O-])c(C)c1-c1cc(Cc2ccc(Cl)nc2)[n+](N)c(Nc2ccccc2)c1. The number of halogens is 1. The Morgan fingerprint density at radius 3 is 2.37 bits per heavy atom. The molecule has 0 aliphatic heterocycles. The first-order valence-electron chi connectivity index (χ1n) is 10.9. The van der Waals surface area contributed by atoms with Crippen molar-refractivity contribution in [1.82, 2.24) is 4.98 Å². The monoisotopic (exact) mass is 508 g/mol. The lowest BCUT2D eigenvalue weighted by Gasteiger charge is -2.20. The van der Waals surface area contributed by atoms with Gasteiger partial charge in [0.1, 0.15) is 26.7 Å². The molecule has 0 aliphatic rings. The number of aryl methyl sites for hydroxylation is 2. The lowest BCUT2D eigenvalue weighted by atomic mass is 9.93. The highest BCUT2D eigenvalue weighted by atomic mass is 35.5. The molecule has 2 heterocycles. The Balaban J connectivity index is 1.93. The van der Waals surface area contributed by atoms with E-state index in [1.165, 1.54) is 0 Å². The van der Waals surface area contributed by atoms with E-state index in [1.54, 1.807) is 36.9 Å². The Morgan fingerprint density at radius 1 is 1.03 bits per heavy atom. The largest absolute Gasteiger partial charge is 0.744 e. The predicted molar refractivity (Wildman–Crippen MR) is 136 cm³/mol. The van der Waals surface area contributed by atoms with Crippen LogP contribution in [0.25, 0.3) is 11.1 Å². The third-order valence-corrected chi connectivity index (χ3v) is 7.19. The maximum absolute atomic E-state index is 12.1. The first-order chi connectivity index (χ1) is 16.5. The molecule has 3 N–H and O–H groups in total. The van der Waals surface area contributed by atoms with Crippen LogP contribution in [0.4, 0.5) is 11.5 Å². The number of rotatable bonds is 6. The molecule has 0 spiro atoms. The number of pyridine rings is 2. The summed E-state index contributed by atoms with van der Waals surface area (Å²) in [5.74, 6) is 7.11. The zero-order valence-electron chi connectivity index (χ0n) is 19.5. The Bertz CT molecular complexity index is 1510. The summed E-state index contributed by atoms with van der Waals surface area (Å²) in [5.41, 5.74) is 5.59. The number of para-hydroxylation sites is 1. The molecular formula is C26H25ClN4O3S. The normalized spacial score (nSPS) is 11.5. The van der Waals surface area contributed by atoms with E-state index in [0.717, 1.165) is 28.1 Å². The number of hydrogen-bond acceptors (Lipinski definition) is 6. The van der Waals surface area contributed by atoms with Crippen LogP contribution in [0.15, 0.2) is 71.8 Å². The highest BCUT2D eigenvalue weighted by Gasteiger charge is 2.22. The molecule has 180 valence electrons. The van der Waals surface area contributed by atoms with Gasteiger partial charge in [-0.3, -0.25) is 5.84 Å².